The van der Waals surface area contributed by atoms with Crippen LogP contribution in [0.3, 0.4) is 0 Å². The Labute approximate surface area is 111 Å². The number of rotatable bonds is 5. The molecule has 2 rings (SSSR count). The van der Waals surface area contributed by atoms with Crippen molar-refractivity contribution in [3.63, 3.8) is 0 Å². The smallest absolute Gasteiger partial charge is 0.335 e. The zero-order valence-electron chi connectivity index (χ0n) is 10.7. The van der Waals surface area contributed by atoms with Crippen LogP contribution < -0.4 is 16.0 Å². The molecule has 1 aliphatic carbocycles. The first-order valence-electron chi connectivity index (χ1n) is 6.10. The Kier molecular flexibility index (Phi) is 3.59. The first-order valence-corrected chi connectivity index (χ1v) is 6.10. The molecule has 19 heavy (non-hydrogen) atoms. The van der Waals surface area contributed by atoms with Crippen LogP contribution in [0.15, 0.2) is 18.2 Å². The van der Waals surface area contributed by atoms with E-state index in [1.165, 1.54) is 18.2 Å². The van der Waals surface area contributed by atoms with E-state index >= 15 is 0 Å². The summed E-state index contributed by atoms with van der Waals surface area (Å²) in [5.74, 6) is -1.10. The normalized spacial score (nSPS) is 13.9. The van der Waals surface area contributed by atoms with Gasteiger partial charge in [-0.25, -0.2) is 4.79 Å². The number of nitrogens with one attached hydrogen (secondary N) is 1. The van der Waals surface area contributed by atoms with Crippen LogP contribution in [0.5, 0.6) is 0 Å². The van der Waals surface area contributed by atoms with Gasteiger partial charge in [-0.15, -0.1) is 0 Å². The van der Waals surface area contributed by atoms with E-state index < -0.39 is 5.97 Å². The monoisotopic (exact) mass is 263 g/mol. The lowest BCUT2D eigenvalue weighted by Crippen LogP contribution is -2.36. The van der Waals surface area contributed by atoms with Crippen LogP contribution >= 0.6 is 0 Å². The second-order valence-electron chi connectivity index (χ2n) is 4.78. The van der Waals surface area contributed by atoms with Gasteiger partial charge in [0, 0.05) is 13.1 Å². The third-order valence-corrected chi connectivity index (χ3v) is 3.01. The van der Waals surface area contributed by atoms with Gasteiger partial charge in [-0.2, -0.15) is 0 Å². The molecule has 1 aromatic rings. The Morgan fingerprint density at radius 1 is 1.47 bits per heavy atom. The number of amides is 1. The van der Waals surface area contributed by atoms with E-state index in [1.54, 1.807) is 11.9 Å². The quantitative estimate of drug-likeness (QED) is 0.679. The van der Waals surface area contributed by atoms with Gasteiger partial charge in [0.15, 0.2) is 0 Å². The summed E-state index contributed by atoms with van der Waals surface area (Å²) >= 11 is 0. The number of carboxylic acid groups (broad SMARTS) is 1. The summed E-state index contributed by atoms with van der Waals surface area (Å²) in [6, 6.07) is 4.76. The molecule has 102 valence electrons. The molecular formula is C13H17N3O3. The Morgan fingerprint density at radius 3 is 2.74 bits per heavy atom. The topological polar surface area (TPSA) is 95.7 Å². The van der Waals surface area contributed by atoms with Gasteiger partial charge in [-0.05, 0) is 31.0 Å². The number of hydrogen-bond acceptors (Lipinski definition) is 4. The highest BCUT2D eigenvalue weighted by molar-refractivity contribution is 5.91. The Hall–Kier alpha value is -2.24. The number of carboxylic acids is 1. The third-order valence-electron chi connectivity index (χ3n) is 3.01. The van der Waals surface area contributed by atoms with Gasteiger partial charge in [0.25, 0.3) is 0 Å². The highest BCUT2D eigenvalue weighted by atomic mass is 16.4. The number of likely N-dealkylation sites (N-methyl/N-ethyl adjacent to an activating group) is 1. The van der Waals surface area contributed by atoms with Crippen LogP contribution in [0.4, 0.5) is 11.4 Å². The highest BCUT2D eigenvalue weighted by Crippen LogP contribution is 2.24. The fraction of sp³-hybridized carbons (Fsp3) is 0.385. The number of carbonyl (C=O) groups is 2. The molecule has 0 aliphatic heterocycles. The van der Waals surface area contributed by atoms with Gasteiger partial charge in [0.1, 0.15) is 0 Å². The molecule has 0 atom stereocenters. The SMILES string of the molecule is CN(CC(=O)NC1CC1)c1cc(C(=O)O)ccc1N. The fourth-order valence-corrected chi connectivity index (χ4v) is 1.81. The van der Waals surface area contributed by atoms with Gasteiger partial charge in [-0.1, -0.05) is 0 Å². The first kappa shape index (κ1) is 13.2. The number of benzene rings is 1. The Balaban J connectivity index is 2.08. The van der Waals surface area contributed by atoms with E-state index in [-0.39, 0.29) is 18.0 Å². The molecule has 1 aliphatic rings. The van der Waals surface area contributed by atoms with Gasteiger partial charge in [0.05, 0.1) is 23.5 Å². The number of anilines is 2. The number of hydrogen-bond donors (Lipinski definition) is 3. The van der Waals surface area contributed by atoms with E-state index in [9.17, 15) is 9.59 Å². The van der Waals surface area contributed by atoms with E-state index in [1.807, 2.05) is 0 Å². The highest BCUT2D eigenvalue weighted by Gasteiger charge is 2.23. The zero-order valence-corrected chi connectivity index (χ0v) is 10.7. The van der Waals surface area contributed by atoms with Crippen LogP contribution in [-0.4, -0.2) is 36.6 Å². The predicted molar refractivity (Wildman–Crippen MR) is 72.2 cm³/mol. The van der Waals surface area contributed by atoms with Crippen molar-refractivity contribution < 1.29 is 14.7 Å². The van der Waals surface area contributed by atoms with Crippen molar-refractivity contribution in [1.29, 1.82) is 0 Å². The maximum atomic E-state index is 11.7. The lowest BCUT2D eigenvalue weighted by Gasteiger charge is -2.21. The molecule has 0 unspecified atom stereocenters. The summed E-state index contributed by atoms with van der Waals surface area (Å²) in [6.45, 7) is 0.157. The molecule has 0 spiro atoms. The number of aromatic carboxylic acids is 1. The standard InChI is InChI=1S/C13H17N3O3/c1-16(7-12(17)15-9-3-4-9)11-6-8(13(18)19)2-5-10(11)14/h2,5-6,9H,3-4,7,14H2,1H3,(H,15,17)(H,18,19). The number of carbonyl (C=O) groups excluding carboxylic acids is 1. The molecule has 0 heterocycles. The molecular weight excluding hydrogens is 246 g/mol. The van der Waals surface area contributed by atoms with E-state index in [0.717, 1.165) is 12.8 Å². The molecule has 1 saturated carbocycles. The summed E-state index contributed by atoms with van der Waals surface area (Å²) in [5, 5.41) is 11.8. The largest absolute Gasteiger partial charge is 0.478 e. The number of nitrogens with two attached hydrogens (primary N) is 1. The Bertz CT molecular complexity index is 512. The first-order chi connectivity index (χ1) is 8.97. The fourth-order valence-electron chi connectivity index (χ4n) is 1.81. The molecule has 0 radical (unpaired) electrons. The lowest BCUT2D eigenvalue weighted by molar-refractivity contribution is -0.119. The zero-order chi connectivity index (χ0) is 14.0. The van der Waals surface area contributed by atoms with E-state index in [4.69, 9.17) is 10.8 Å². The van der Waals surface area contributed by atoms with Crippen LogP contribution in [0, 0.1) is 0 Å². The third kappa shape index (κ3) is 3.37. The summed E-state index contributed by atoms with van der Waals surface area (Å²) in [5.41, 5.74) is 6.96. The van der Waals surface area contributed by atoms with E-state index in [2.05, 4.69) is 5.32 Å². The maximum absolute atomic E-state index is 11.7. The van der Waals surface area contributed by atoms with Crippen molar-refractivity contribution in [3.8, 4) is 0 Å². The van der Waals surface area contributed by atoms with Gasteiger partial charge < -0.3 is 21.1 Å². The molecule has 4 N–H and O–H groups in total. The molecule has 6 nitrogen and oxygen atoms in total. The Morgan fingerprint density at radius 2 is 2.16 bits per heavy atom. The number of nitrogen functional groups attached to an aromatic ring is 1. The second kappa shape index (κ2) is 5.17. The van der Waals surface area contributed by atoms with Gasteiger partial charge >= 0.3 is 5.97 Å². The average molecular weight is 263 g/mol. The lowest BCUT2D eigenvalue weighted by atomic mass is 10.1. The maximum Gasteiger partial charge on any atom is 0.335 e. The van der Waals surface area contributed by atoms with Crippen molar-refractivity contribution >= 4 is 23.3 Å². The molecule has 0 aromatic heterocycles. The minimum Gasteiger partial charge on any atom is -0.478 e. The average Bonchev–Trinajstić information content (AvgIpc) is 3.12. The van der Waals surface area contributed by atoms with Crippen LogP contribution in [-0.2, 0) is 4.79 Å². The minimum absolute atomic E-state index is 0.0786. The van der Waals surface area contributed by atoms with Crippen molar-refractivity contribution in [1.82, 2.24) is 5.32 Å². The van der Waals surface area contributed by atoms with Crippen LogP contribution in [0.25, 0.3) is 0 Å². The summed E-state index contributed by atoms with van der Waals surface area (Å²) in [6.07, 6.45) is 2.07. The second-order valence-corrected chi connectivity index (χ2v) is 4.78. The summed E-state index contributed by atoms with van der Waals surface area (Å²) in [4.78, 5) is 24.3. The van der Waals surface area contributed by atoms with Gasteiger partial charge in [-0.3, -0.25) is 4.79 Å². The van der Waals surface area contributed by atoms with Crippen molar-refractivity contribution in [2.75, 3.05) is 24.2 Å². The molecule has 1 fully saturated rings. The van der Waals surface area contributed by atoms with Crippen LogP contribution in [0.2, 0.25) is 0 Å². The van der Waals surface area contributed by atoms with Crippen LogP contribution in [0.1, 0.15) is 23.2 Å². The molecule has 0 bridgehead atoms. The number of nitrogens with zero attached hydrogens (tertiary/aromatic N) is 1. The van der Waals surface area contributed by atoms with Crippen molar-refractivity contribution in [3.05, 3.63) is 23.8 Å². The molecule has 6 heteroatoms. The summed E-state index contributed by atoms with van der Waals surface area (Å²) in [7, 11) is 1.71. The molecule has 1 aromatic carbocycles. The van der Waals surface area contributed by atoms with Crippen molar-refractivity contribution in [2.24, 2.45) is 0 Å². The summed E-state index contributed by atoms with van der Waals surface area (Å²) < 4.78 is 0. The van der Waals surface area contributed by atoms with Crippen molar-refractivity contribution in [2.45, 2.75) is 18.9 Å². The van der Waals surface area contributed by atoms with Gasteiger partial charge in [0.2, 0.25) is 5.91 Å². The molecule has 0 saturated heterocycles. The minimum atomic E-state index is -1.02. The molecule has 1 amide bonds. The van der Waals surface area contributed by atoms with E-state index in [0.29, 0.717) is 17.4 Å². The predicted octanol–water partition coefficient (Wildman–Crippen LogP) is 0.682.